The first-order chi connectivity index (χ1) is 37.5. The van der Waals surface area contributed by atoms with E-state index < -0.39 is 70.7 Å². The molecule has 6 atom stereocenters. The van der Waals surface area contributed by atoms with E-state index in [0.717, 1.165) is 11.1 Å². The first kappa shape index (κ1) is 65.3. The molecule has 0 aromatic heterocycles. The zero-order valence-corrected chi connectivity index (χ0v) is 48.0. The SMILES string of the molecule is CCOC(=O)[C@@H]1O[C@H]1C(=O)NC(CC(C)C)C(=O)N1CCN(Cc2ccc(OC)c(OC)c2OC)CC1.CCOC(=O)[C@@H]1O[C@H]1C(=O)NC(CC(C)C)C(=O)N1CCN(Cc2ccc(OC)c(OC)c2OC)CC1.O=S(=O)([O-])[O-]. The van der Waals surface area contributed by atoms with Crippen LogP contribution in [0.25, 0.3) is 0 Å². The Balaban J connectivity index is 0.000000313. The molecule has 2 aromatic carbocycles. The van der Waals surface area contributed by atoms with Crippen LogP contribution in [0.4, 0.5) is 0 Å². The third kappa shape index (κ3) is 19.5. The Morgan fingerprint density at radius 1 is 0.532 bits per heavy atom. The van der Waals surface area contributed by atoms with Gasteiger partial charge in [-0.15, -0.1) is 0 Å². The molecule has 0 bridgehead atoms. The molecule has 4 heterocycles. The number of nitrogens with zero attached hydrogens (tertiary/aromatic N) is 4. The van der Waals surface area contributed by atoms with Gasteiger partial charge in [0.1, 0.15) is 12.1 Å². The summed E-state index contributed by atoms with van der Waals surface area (Å²) in [6.07, 6.45) is -2.63. The van der Waals surface area contributed by atoms with Gasteiger partial charge in [-0.05, 0) is 50.7 Å². The van der Waals surface area contributed by atoms with Crippen LogP contribution in [0.15, 0.2) is 24.3 Å². The fourth-order valence-corrected chi connectivity index (χ4v) is 9.08. The predicted molar refractivity (Wildman–Crippen MR) is 280 cm³/mol. The third-order valence-corrected chi connectivity index (χ3v) is 12.9. The highest BCUT2D eigenvalue weighted by atomic mass is 32.3. The molecule has 6 rings (SSSR count). The largest absolute Gasteiger partial charge is 0.759 e. The molecule has 79 heavy (non-hydrogen) atoms. The maximum absolute atomic E-state index is 13.4. The minimum Gasteiger partial charge on any atom is -0.759 e. The molecule has 0 radical (unpaired) electrons. The molecular weight excluding hydrogens is 1060 g/mol. The van der Waals surface area contributed by atoms with Crippen LogP contribution < -0.4 is 39.1 Å². The molecule has 4 saturated heterocycles. The molecule has 4 aliphatic heterocycles. The summed E-state index contributed by atoms with van der Waals surface area (Å²) >= 11 is 0. The number of carbonyl (C=O) groups is 6. The summed E-state index contributed by atoms with van der Waals surface area (Å²) < 4.78 is 87.2. The van der Waals surface area contributed by atoms with E-state index in [9.17, 15) is 28.8 Å². The van der Waals surface area contributed by atoms with Gasteiger partial charge in [0, 0.05) is 87.0 Å². The topological polar surface area (TPSA) is 319 Å². The minimum absolute atomic E-state index is 0.126. The first-order valence-corrected chi connectivity index (χ1v) is 27.3. The van der Waals surface area contributed by atoms with Gasteiger partial charge in [-0.1, -0.05) is 39.8 Å². The molecule has 2 N–H and O–H groups in total. The maximum atomic E-state index is 13.4. The summed E-state index contributed by atoms with van der Waals surface area (Å²) in [6, 6.07) is 6.25. The molecule has 4 amide bonds. The Morgan fingerprint density at radius 2 is 0.848 bits per heavy atom. The highest BCUT2D eigenvalue weighted by Gasteiger charge is 2.53. The molecule has 4 fully saturated rings. The number of nitrogens with one attached hydrogen (secondary N) is 2. The first-order valence-electron chi connectivity index (χ1n) is 26.0. The second-order valence-corrected chi connectivity index (χ2v) is 20.3. The van der Waals surface area contributed by atoms with E-state index in [-0.39, 0.29) is 36.9 Å². The normalized spacial score (nSPS) is 19.7. The van der Waals surface area contributed by atoms with E-state index in [4.69, 9.17) is 64.9 Å². The molecule has 26 nitrogen and oxygen atoms in total. The average molecular weight is 1140 g/mol. The molecule has 27 heteroatoms. The fourth-order valence-electron chi connectivity index (χ4n) is 9.08. The molecule has 0 saturated carbocycles. The van der Waals surface area contributed by atoms with Gasteiger partial charge in [0.25, 0.3) is 11.8 Å². The number of hydrogen-bond acceptors (Lipinski definition) is 22. The van der Waals surface area contributed by atoms with Gasteiger partial charge in [0.2, 0.25) is 23.3 Å². The number of amides is 4. The lowest BCUT2D eigenvalue weighted by molar-refractivity contribution is -0.145. The molecule has 4 aliphatic rings. The van der Waals surface area contributed by atoms with Crippen molar-refractivity contribution < 1.29 is 93.7 Å². The van der Waals surface area contributed by atoms with E-state index in [2.05, 4.69) is 20.4 Å². The van der Waals surface area contributed by atoms with E-state index in [1.807, 2.05) is 52.0 Å². The lowest BCUT2D eigenvalue weighted by atomic mass is 10.0. The number of methoxy groups -OCH3 is 6. The Labute approximate surface area is 462 Å². The quantitative estimate of drug-likeness (QED) is 0.0643. The van der Waals surface area contributed by atoms with Gasteiger partial charge < -0.3 is 76.9 Å². The number of benzene rings is 2. The summed E-state index contributed by atoms with van der Waals surface area (Å²) in [5.41, 5.74) is 1.93. The molecular formula is C52H78N6O20S-2. The third-order valence-electron chi connectivity index (χ3n) is 12.9. The summed E-state index contributed by atoms with van der Waals surface area (Å²) in [5, 5.41) is 5.61. The van der Waals surface area contributed by atoms with Crippen molar-refractivity contribution in [3.63, 3.8) is 0 Å². The number of carbonyl (C=O) groups excluding carboxylic acids is 6. The Hall–Kier alpha value is -6.23. The van der Waals surface area contributed by atoms with Crippen LogP contribution in [0.5, 0.6) is 34.5 Å². The van der Waals surface area contributed by atoms with E-state index in [0.29, 0.717) is 113 Å². The van der Waals surface area contributed by atoms with Crippen molar-refractivity contribution in [3.05, 3.63) is 35.4 Å². The zero-order valence-electron chi connectivity index (χ0n) is 47.2. The second-order valence-electron chi connectivity index (χ2n) is 19.4. The summed E-state index contributed by atoms with van der Waals surface area (Å²) in [5.74, 6) is 1.64. The predicted octanol–water partition coefficient (Wildman–Crippen LogP) is 1.10. The van der Waals surface area contributed by atoms with Crippen LogP contribution in [0.2, 0.25) is 0 Å². The Kier molecular flexibility index (Phi) is 25.6. The van der Waals surface area contributed by atoms with Crippen molar-refractivity contribution >= 4 is 46.0 Å². The highest BCUT2D eigenvalue weighted by molar-refractivity contribution is 7.79. The van der Waals surface area contributed by atoms with Crippen LogP contribution in [-0.2, 0) is 71.2 Å². The van der Waals surface area contributed by atoms with Gasteiger partial charge in [-0.3, -0.25) is 37.4 Å². The summed E-state index contributed by atoms with van der Waals surface area (Å²) in [7, 11) is 4.35. The van der Waals surface area contributed by atoms with Gasteiger partial charge in [0.15, 0.2) is 47.4 Å². The fraction of sp³-hybridized carbons (Fsp3) is 0.654. The maximum Gasteiger partial charge on any atom is 0.338 e. The number of piperazine rings is 2. The van der Waals surface area contributed by atoms with E-state index >= 15 is 0 Å². The van der Waals surface area contributed by atoms with Gasteiger partial charge in [-0.2, -0.15) is 0 Å². The molecule has 2 unspecified atom stereocenters. The Bertz CT molecular complexity index is 2320. The van der Waals surface area contributed by atoms with Crippen molar-refractivity contribution in [1.29, 1.82) is 0 Å². The van der Waals surface area contributed by atoms with Crippen LogP contribution in [0, 0.1) is 11.8 Å². The molecule has 0 spiro atoms. The average Bonchev–Trinajstić information content (AvgIpc) is 4.41. The number of epoxide rings is 2. The summed E-state index contributed by atoms with van der Waals surface area (Å²) in [4.78, 5) is 83.7. The summed E-state index contributed by atoms with van der Waals surface area (Å²) in [6.45, 7) is 17.9. The smallest absolute Gasteiger partial charge is 0.338 e. The van der Waals surface area contributed by atoms with E-state index in [1.165, 1.54) is 0 Å². The van der Waals surface area contributed by atoms with Crippen LogP contribution in [-0.4, -0.2) is 217 Å². The molecule has 0 aliphatic carbocycles. The van der Waals surface area contributed by atoms with Crippen molar-refractivity contribution in [2.75, 3.05) is 108 Å². The second kappa shape index (κ2) is 30.9. The van der Waals surface area contributed by atoms with Crippen molar-refractivity contribution in [2.24, 2.45) is 11.8 Å². The number of rotatable bonds is 24. The highest BCUT2D eigenvalue weighted by Crippen LogP contribution is 2.41. The molecule has 2 aromatic rings. The lowest BCUT2D eigenvalue weighted by Gasteiger charge is -2.37. The van der Waals surface area contributed by atoms with Crippen LogP contribution >= 0.6 is 0 Å². The van der Waals surface area contributed by atoms with Gasteiger partial charge in [0.05, 0.1) is 55.9 Å². The number of esters is 2. The van der Waals surface area contributed by atoms with E-state index in [1.54, 1.807) is 66.3 Å². The van der Waals surface area contributed by atoms with Crippen molar-refractivity contribution in [2.45, 2.75) is 104 Å². The number of hydrogen-bond donors (Lipinski definition) is 2. The minimum atomic E-state index is -5.17. The zero-order chi connectivity index (χ0) is 58.7. The van der Waals surface area contributed by atoms with Crippen molar-refractivity contribution in [3.8, 4) is 34.5 Å². The standard InChI is InChI=1S/2C26H39N3O8.H2O4S/c2*1-7-36-26(32)23-22(37-23)24(30)27-18(14-16(2)3)25(31)29-12-10-28(11-13-29)15-17-8-9-19(33-4)21(35-6)20(17)34-5;1-5(2,3)4/h2*8-9,16,18,22-23H,7,10-15H2,1-6H3,(H,27,30);(H2,1,2,3,4)/p-2/t2*18?,22-,23-;/m11./s1. The monoisotopic (exact) mass is 1140 g/mol. The van der Waals surface area contributed by atoms with Crippen LogP contribution in [0.3, 0.4) is 0 Å². The lowest BCUT2D eigenvalue weighted by Crippen LogP contribution is -2.55. The Morgan fingerprint density at radius 3 is 1.11 bits per heavy atom. The van der Waals surface area contributed by atoms with Crippen molar-refractivity contribution in [1.82, 2.24) is 30.2 Å². The molecule has 444 valence electrons. The van der Waals surface area contributed by atoms with Gasteiger partial charge >= 0.3 is 11.9 Å². The van der Waals surface area contributed by atoms with Gasteiger partial charge in [-0.25, -0.2) is 9.59 Å². The number of ether oxygens (including phenoxy) is 10. The van der Waals surface area contributed by atoms with Crippen LogP contribution in [0.1, 0.15) is 65.5 Å².